The van der Waals surface area contributed by atoms with Crippen LogP contribution in [-0.2, 0) is 4.79 Å². The minimum absolute atomic E-state index is 0.306. The second-order valence-corrected chi connectivity index (χ2v) is 8.44. The molecule has 2 aliphatic rings. The molecule has 0 spiro atoms. The highest BCUT2D eigenvalue weighted by atomic mass is 16.2. The molecule has 0 aromatic rings. The molecule has 1 aliphatic carbocycles. The fourth-order valence-electron chi connectivity index (χ4n) is 4.04. The first-order valence-electron chi connectivity index (χ1n) is 9.43. The predicted molar refractivity (Wildman–Crippen MR) is 92.8 cm³/mol. The highest BCUT2D eigenvalue weighted by Crippen LogP contribution is 2.40. The van der Waals surface area contributed by atoms with Gasteiger partial charge < -0.3 is 4.90 Å². The molecule has 0 N–H and O–H groups in total. The van der Waals surface area contributed by atoms with E-state index in [4.69, 9.17) is 0 Å². The molecule has 22 heavy (non-hydrogen) atoms. The maximum Gasteiger partial charge on any atom is 0.225 e. The smallest absolute Gasteiger partial charge is 0.225 e. The molecule has 2 fully saturated rings. The van der Waals surface area contributed by atoms with Crippen LogP contribution in [0.1, 0.15) is 66.2 Å². The zero-order valence-electron chi connectivity index (χ0n) is 15.2. The summed E-state index contributed by atoms with van der Waals surface area (Å²) >= 11 is 0. The Labute approximate surface area is 137 Å². The number of nitrogens with zero attached hydrogens (tertiary/aromatic N) is 2. The molecular formula is C19H36N2O. The Morgan fingerprint density at radius 3 is 2.09 bits per heavy atom. The summed E-state index contributed by atoms with van der Waals surface area (Å²) in [4.78, 5) is 17.4. The van der Waals surface area contributed by atoms with Crippen LogP contribution < -0.4 is 0 Å². The lowest BCUT2D eigenvalue weighted by Crippen LogP contribution is -2.50. The van der Waals surface area contributed by atoms with Crippen LogP contribution in [-0.4, -0.2) is 48.4 Å². The van der Waals surface area contributed by atoms with Crippen LogP contribution in [0, 0.1) is 17.3 Å². The van der Waals surface area contributed by atoms with Crippen LogP contribution in [0.5, 0.6) is 0 Å². The highest BCUT2D eigenvalue weighted by Gasteiger charge is 2.34. The molecule has 0 atom stereocenters. The van der Waals surface area contributed by atoms with Gasteiger partial charge in [0.1, 0.15) is 0 Å². The van der Waals surface area contributed by atoms with E-state index >= 15 is 0 Å². The van der Waals surface area contributed by atoms with E-state index in [9.17, 15) is 4.79 Å². The van der Waals surface area contributed by atoms with Crippen molar-refractivity contribution in [2.45, 2.75) is 66.2 Å². The first kappa shape index (κ1) is 17.8. The summed E-state index contributed by atoms with van der Waals surface area (Å²) in [6, 6.07) is 0. The van der Waals surface area contributed by atoms with Gasteiger partial charge in [-0.2, -0.15) is 0 Å². The van der Waals surface area contributed by atoms with Crippen LogP contribution in [0.25, 0.3) is 0 Å². The summed E-state index contributed by atoms with van der Waals surface area (Å²) in [7, 11) is 0. The molecule has 1 amide bonds. The number of unbranched alkanes of at least 4 members (excludes halogenated alkanes) is 1. The normalized spacial score (nSPS) is 27.9. The largest absolute Gasteiger partial charge is 0.340 e. The minimum atomic E-state index is 0.306. The molecular weight excluding hydrogens is 272 g/mol. The predicted octanol–water partition coefficient (Wildman–Crippen LogP) is 3.78. The zero-order chi connectivity index (χ0) is 16.2. The first-order valence-corrected chi connectivity index (χ1v) is 9.43. The molecule has 0 aromatic heterocycles. The molecule has 0 bridgehead atoms. The lowest BCUT2D eigenvalue weighted by molar-refractivity contribution is -0.139. The average molecular weight is 309 g/mol. The summed E-state index contributed by atoms with van der Waals surface area (Å²) in [6.07, 6.45) is 7.22. The van der Waals surface area contributed by atoms with Crippen molar-refractivity contribution in [1.82, 2.24) is 9.80 Å². The van der Waals surface area contributed by atoms with Crippen molar-refractivity contribution in [3.8, 4) is 0 Å². The van der Waals surface area contributed by atoms with Crippen molar-refractivity contribution in [1.29, 1.82) is 0 Å². The summed E-state index contributed by atoms with van der Waals surface area (Å²) in [5.74, 6) is 1.55. The second-order valence-electron chi connectivity index (χ2n) is 8.44. The summed E-state index contributed by atoms with van der Waals surface area (Å²) in [5, 5.41) is 0. The Morgan fingerprint density at radius 1 is 1.00 bits per heavy atom. The van der Waals surface area contributed by atoms with Crippen LogP contribution >= 0.6 is 0 Å². The minimum Gasteiger partial charge on any atom is -0.340 e. The third-order valence-corrected chi connectivity index (χ3v) is 5.81. The third kappa shape index (κ3) is 4.71. The van der Waals surface area contributed by atoms with Gasteiger partial charge in [-0.25, -0.2) is 0 Å². The van der Waals surface area contributed by atoms with Gasteiger partial charge in [0.2, 0.25) is 5.91 Å². The molecule has 1 saturated heterocycles. The first-order chi connectivity index (χ1) is 10.4. The van der Waals surface area contributed by atoms with Gasteiger partial charge in [-0.05, 0) is 50.0 Å². The number of rotatable bonds is 4. The molecule has 1 heterocycles. The molecule has 1 aliphatic heterocycles. The molecule has 0 radical (unpaired) electrons. The second kappa shape index (κ2) is 7.81. The number of carbonyl (C=O) groups excluding carboxylic acids is 1. The van der Waals surface area contributed by atoms with Gasteiger partial charge in [0.05, 0.1) is 0 Å². The van der Waals surface area contributed by atoms with Gasteiger partial charge in [0.15, 0.2) is 0 Å². The maximum atomic E-state index is 12.7. The van der Waals surface area contributed by atoms with Crippen molar-refractivity contribution < 1.29 is 4.79 Å². The number of piperazine rings is 1. The topological polar surface area (TPSA) is 23.6 Å². The van der Waals surface area contributed by atoms with Crippen LogP contribution in [0.4, 0.5) is 0 Å². The van der Waals surface area contributed by atoms with Gasteiger partial charge in [-0.1, -0.05) is 34.1 Å². The fourth-order valence-corrected chi connectivity index (χ4v) is 4.04. The van der Waals surface area contributed by atoms with E-state index in [-0.39, 0.29) is 0 Å². The number of carbonyl (C=O) groups is 1. The van der Waals surface area contributed by atoms with Gasteiger partial charge in [-0.3, -0.25) is 9.69 Å². The Bertz CT molecular complexity index is 345. The van der Waals surface area contributed by atoms with Crippen molar-refractivity contribution in [2.24, 2.45) is 17.3 Å². The van der Waals surface area contributed by atoms with Crippen LogP contribution in [0.3, 0.4) is 0 Å². The van der Waals surface area contributed by atoms with Gasteiger partial charge in [0.25, 0.3) is 0 Å². The number of amides is 1. The molecule has 0 unspecified atom stereocenters. The quantitative estimate of drug-likeness (QED) is 0.789. The van der Waals surface area contributed by atoms with E-state index < -0.39 is 0 Å². The lowest BCUT2D eigenvalue weighted by atomic mass is 9.69. The van der Waals surface area contributed by atoms with E-state index in [1.165, 1.54) is 32.2 Å². The van der Waals surface area contributed by atoms with Crippen molar-refractivity contribution >= 4 is 5.91 Å². The lowest BCUT2D eigenvalue weighted by Gasteiger charge is -2.40. The Balaban J connectivity index is 1.75. The summed E-state index contributed by atoms with van der Waals surface area (Å²) in [5.41, 5.74) is 0.402. The van der Waals surface area contributed by atoms with E-state index in [2.05, 4.69) is 37.5 Å². The number of hydrogen-bond donors (Lipinski definition) is 0. The Hall–Kier alpha value is -0.570. The van der Waals surface area contributed by atoms with Gasteiger partial charge in [0, 0.05) is 32.1 Å². The number of hydrogen-bond acceptors (Lipinski definition) is 2. The Kier molecular flexibility index (Phi) is 6.31. The standard InChI is InChI=1S/C19H36N2O/c1-5-6-11-20-12-14-21(15-13-20)18(22)16-7-9-17(10-8-16)19(2,3)4/h16-17H,5-15H2,1-4H3. The van der Waals surface area contributed by atoms with Crippen molar-refractivity contribution in [3.05, 3.63) is 0 Å². The SMILES string of the molecule is CCCCN1CCN(C(=O)C2CCC(C(C)(C)C)CC2)CC1. The molecule has 3 nitrogen and oxygen atoms in total. The van der Waals surface area contributed by atoms with E-state index in [0.717, 1.165) is 44.9 Å². The van der Waals surface area contributed by atoms with E-state index in [1.54, 1.807) is 0 Å². The van der Waals surface area contributed by atoms with Gasteiger partial charge in [-0.15, -0.1) is 0 Å². The third-order valence-electron chi connectivity index (χ3n) is 5.81. The summed E-state index contributed by atoms with van der Waals surface area (Å²) < 4.78 is 0. The highest BCUT2D eigenvalue weighted by molar-refractivity contribution is 5.79. The summed E-state index contributed by atoms with van der Waals surface area (Å²) in [6.45, 7) is 14.5. The van der Waals surface area contributed by atoms with E-state index in [1.807, 2.05) is 0 Å². The fraction of sp³-hybridized carbons (Fsp3) is 0.947. The molecule has 1 saturated carbocycles. The van der Waals surface area contributed by atoms with Gasteiger partial charge >= 0.3 is 0 Å². The molecule has 128 valence electrons. The van der Waals surface area contributed by atoms with E-state index in [0.29, 0.717) is 17.2 Å². The van der Waals surface area contributed by atoms with Crippen molar-refractivity contribution in [2.75, 3.05) is 32.7 Å². The maximum absolute atomic E-state index is 12.7. The van der Waals surface area contributed by atoms with Crippen LogP contribution in [0.2, 0.25) is 0 Å². The molecule has 2 rings (SSSR count). The molecule has 0 aromatic carbocycles. The molecule has 3 heteroatoms. The zero-order valence-corrected chi connectivity index (χ0v) is 15.2. The Morgan fingerprint density at radius 2 is 1.59 bits per heavy atom. The van der Waals surface area contributed by atoms with Crippen LogP contribution in [0.15, 0.2) is 0 Å². The monoisotopic (exact) mass is 308 g/mol. The van der Waals surface area contributed by atoms with Crippen molar-refractivity contribution in [3.63, 3.8) is 0 Å². The average Bonchev–Trinajstić information content (AvgIpc) is 2.52.